The van der Waals surface area contributed by atoms with Crippen molar-refractivity contribution in [2.24, 2.45) is 5.73 Å². The largest absolute Gasteiger partial charge is 0.465 e. The lowest BCUT2D eigenvalue weighted by molar-refractivity contribution is -0.144. The molecule has 0 aromatic carbocycles. The minimum atomic E-state index is -0.529. The molecule has 1 heterocycles. The molecular weight excluding hydrogens is 240 g/mol. The predicted molar refractivity (Wildman–Crippen MR) is 66.6 cm³/mol. The van der Waals surface area contributed by atoms with E-state index in [1.807, 2.05) is 13.0 Å². The van der Waals surface area contributed by atoms with Crippen LogP contribution in [0.25, 0.3) is 0 Å². The molecule has 17 heavy (non-hydrogen) atoms. The molecule has 0 bridgehead atoms. The van der Waals surface area contributed by atoms with E-state index in [0.29, 0.717) is 13.0 Å². The van der Waals surface area contributed by atoms with Crippen molar-refractivity contribution in [3.05, 3.63) is 17.5 Å². The van der Waals surface area contributed by atoms with Crippen LogP contribution in [-0.4, -0.2) is 29.5 Å². The van der Waals surface area contributed by atoms with E-state index < -0.39 is 6.04 Å². The van der Waals surface area contributed by atoms with Gasteiger partial charge in [0, 0.05) is 6.07 Å². The Bertz CT molecular complexity index is 354. The molecule has 96 valence electrons. The number of ether oxygens (including phenoxy) is 1. The summed E-state index contributed by atoms with van der Waals surface area (Å²) in [7, 11) is 0. The maximum atomic E-state index is 11.2. The Labute approximate surface area is 105 Å². The number of aryl methyl sites for hydroxylation is 1. The summed E-state index contributed by atoms with van der Waals surface area (Å²) in [6.07, 6.45) is 0.608. The van der Waals surface area contributed by atoms with Gasteiger partial charge in [-0.1, -0.05) is 5.16 Å². The van der Waals surface area contributed by atoms with Crippen molar-refractivity contribution < 1.29 is 14.1 Å². The maximum Gasteiger partial charge on any atom is 0.322 e. The quantitative estimate of drug-likeness (QED) is 0.590. The lowest BCUT2D eigenvalue weighted by Gasteiger charge is -2.09. The lowest BCUT2D eigenvalue weighted by Crippen LogP contribution is -2.32. The van der Waals surface area contributed by atoms with Crippen molar-refractivity contribution in [2.45, 2.75) is 32.1 Å². The number of thioether (sulfide) groups is 1. The predicted octanol–water partition coefficient (Wildman–Crippen LogP) is 1.50. The number of hydrogen-bond acceptors (Lipinski definition) is 6. The molecule has 1 atom stereocenters. The molecule has 2 N–H and O–H groups in total. The zero-order valence-corrected chi connectivity index (χ0v) is 11.0. The lowest BCUT2D eigenvalue weighted by atomic mass is 10.2. The van der Waals surface area contributed by atoms with E-state index in [-0.39, 0.29) is 5.97 Å². The summed E-state index contributed by atoms with van der Waals surface area (Å²) in [4.78, 5) is 11.2. The molecule has 0 saturated carbocycles. The Morgan fingerprint density at radius 2 is 2.47 bits per heavy atom. The fourth-order valence-corrected chi connectivity index (χ4v) is 2.14. The average Bonchev–Trinajstić information content (AvgIpc) is 2.70. The second-order valence-corrected chi connectivity index (χ2v) is 4.74. The van der Waals surface area contributed by atoms with E-state index in [1.54, 1.807) is 18.7 Å². The Morgan fingerprint density at radius 1 is 1.71 bits per heavy atom. The number of carbonyl (C=O) groups is 1. The van der Waals surface area contributed by atoms with Gasteiger partial charge < -0.3 is 15.0 Å². The van der Waals surface area contributed by atoms with Gasteiger partial charge in [0.05, 0.1) is 18.1 Å². The molecule has 0 fully saturated rings. The first kappa shape index (κ1) is 14.1. The summed E-state index contributed by atoms with van der Waals surface area (Å²) >= 11 is 1.66. The van der Waals surface area contributed by atoms with Crippen molar-refractivity contribution in [1.29, 1.82) is 0 Å². The fourth-order valence-electron chi connectivity index (χ4n) is 1.23. The number of carbonyl (C=O) groups excluding carboxylic acids is 1. The first-order chi connectivity index (χ1) is 8.13. The molecule has 0 aliphatic carbocycles. The zero-order chi connectivity index (χ0) is 12.7. The van der Waals surface area contributed by atoms with Crippen LogP contribution >= 0.6 is 11.8 Å². The van der Waals surface area contributed by atoms with Crippen LogP contribution in [-0.2, 0) is 15.3 Å². The topological polar surface area (TPSA) is 78.4 Å². The summed E-state index contributed by atoms with van der Waals surface area (Å²) < 4.78 is 9.88. The monoisotopic (exact) mass is 258 g/mol. The maximum absolute atomic E-state index is 11.2. The number of rotatable bonds is 7. The molecule has 0 aliphatic rings. The van der Waals surface area contributed by atoms with Gasteiger partial charge >= 0.3 is 5.97 Å². The van der Waals surface area contributed by atoms with Gasteiger partial charge in [0.1, 0.15) is 11.8 Å². The molecule has 1 aromatic heterocycles. The highest BCUT2D eigenvalue weighted by Gasteiger charge is 2.13. The van der Waals surface area contributed by atoms with Crippen molar-refractivity contribution in [3.8, 4) is 0 Å². The third-order valence-electron chi connectivity index (χ3n) is 2.08. The van der Waals surface area contributed by atoms with Crippen molar-refractivity contribution >= 4 is 17.7 Å². The number of aromatic nitrogens is 1. The van der Waals surface area contributed by atoms with Gasteiger partial charge in [-0.25, -0.2) is 0 Å². The van der Waals surface area contributed by atoms with Crippen molar-refractivity contribution in [1.82, 2.24) is 5.16 Å². The molecule has 1 unspecified atom stereocenters. The molecule has 6 heteroatoms. The minimum absolute atomic E-state index is 0.330. The standard InChI is InChI=1S/C11H18N2O3S/c1-3-15-11(14)10(12)4-5-17-7-9-6-8(2)13-16-9/h6,10H,3-5,7,12H2,1-2H3. The van der Waals surface area contributed by atoms with Crippen LogP contribution in [0.15, 0.2) is 10.6 Å². The van der Waals surface area contributed by atoms with Crippen LogP contribution in [0.1, 0.15) is 24.8 Å². The van der Waals surface area contributed by atoms with Gasteiger partial charge in [-0.05, 0) is 26.0 Å². The fraction of sp³-hybridized carbons (Fsp3) is 0.636. The van der Waals surface area contributed by atoms with Crippen LogP contribution in [0.5, 0.6) is 0 Å². The molecule has 0 aliphatic heterocycles. The van der Waals surface area contributed by atoms with Crippen molar-refractivity contribution in [2.75, 3.05) is 12.4 Å². The highest BCUT2D eigenvalue weighted by molar-refractivity contribution is 7.98. The normalized spacial score (nSPS) is 12.4. The highest BCUT2D eigenvalue weighted by atomic mass is 32.2. The summed E-state index contributed by atoms with van der Waals surface area (Å²) in [5.74, 6) is 2.05. The number of nitrogens with zero attached hydrogens (tertiary/aromatic N) is 1. The van der Waals surface area contributed by atoms with Gasteiger partial charge in [0.25, 0.3) is 0 Å². The van der Waals surface area contributed by atoms with Crippen LogP contribution in [0.3, 0.4) is 0 Å². The Kier molecular flexibility index (Phi) is 6.07. The second-order valence-electron chi connectivity index (χ2n) is 3.63. The smallest absolute Gasteiger partial charge is 0.322 e. The van der Waals surface area contributed by atoms with Gasteiger partial charge in [-0.3, -0.25) is 4.79 Å². The Balaban J connectivity index is 2.13. The minimum Gasteiger partial charge on any atom is -0.465 e. The van der Waals surface area contributed by atoms with E-state index in [1.165, 1.54) is 0 Å². The number of esters is 1. The molecule has 1 rings (SSSR count). The van der Waals surface area contributed by atoms with Crippen LogP contribution in [0.2, 0.25) is 0 Å². The third kappa shape index (κ3) is 5.23. The van der Waals surface area contributed by atoms with Gasteiger partial charge in [0.15, 0.2) is 0 Å². The van der Waals surface area contributed by atoms with Crippen molar-refractivity contribution in [3.63, 3.8) is 0 Å². The summed E-state index contributed by atoms with van der Waals surface area (Å²) in [6, 6.07) is 1.37. The average molecular weight is 258 g/mol. The number of hydrogen-bond donors (Lipinski definition) is 1. The summed E-state index contributed by atoms with van der Waals surface area (Å²) in [5, 5.41) is 3.80. The summed E-state index contributed by atoms with van der Waals surface area (Å²) in [6.45, 7) is 4.02. The molecular formula is C11H18N2O3S. The van der Waals surface area contributed by atoms with Crippen LogP contribution in [0, 0.1) is 6.92 Å². The number of nitrogens with two attached hydrogens (primary N) is 1. The summed E-state index contributed by atoms with van der Waals surface area (Å²) in [5.41, 5.74) is 6.54. The van der Waals surface area contributed by atoms with E-state index >= 15 is 0 Å². The van der Waals surface area contributed by atoms with Crippen LogP contribution in [0.4, 0.5) is 0 Å². The van der Waals surface area contributed by atoms with E-state index in [9.17, 15) is 4.79 Å². The van der Waals surface area contributed by atoms with E-state index in [2.05, 4.69) is 5.16 Å². The van der Waals surface area contributed by atoms with Gasteiger partial charge in [0.2, 0.25) is 0 Å². The first-order valence-corrected chi connectivity index (χ1v) is 6.71. The zero-order valence-electron chi connectivity index (χ0n) is 10.1. The Morgan fingerprint density at radius 3 is 3.06 bits per heavy atom. The molecule has 1 aromatic rings. The first-order valence-electron chi connectivity index (χ1n) is 5.55. The van der Waals surface area contributed by atoms with Gasteiger partial charge in [-0.15, -0.1) is 0 Å². The third-order valence-corrected chi connectivity index (χ3v) is 3.10. The highest BCUT2D eigenvalue weighted by Crippen LogP contribution is 2.14. The molecule has 0 spiro atoms. The molecule has 0 saturated heterocycles. The van der Waals surface area contributed by atoms with E-state index in [4.69, 9.17) is 15.0 Å². The Hall–Kier alpha value is -1.01. The second kappa shape index (κ2) is 7.34. The van der Waals surface area contributed by atoms with E-state index in [0.717, 1.165) is 23.0 Å². The van der Waals surface area contributed by atoms with Gasteiger partial charge in [-0.2, -0.15) is 11.8 Å². The molecule has 0 radical (unpaired) electrons. The molecule has 5 nitrogen and oxygen atoms in total. The van der Waals surface area contributed by atoms with Crippen LogP contribution < -0.4 is 5.73 Å². The SMILES string of the molecule is CCOC(=O)C(N)CCSCc1cc(C)no1. The molecule has 0 amide bonds.